The molecular formula is C85H161NO5. The summed E-state index contributed by atoms with van der Waals surface area (Å²) in [6.45, 7) is 4.95. The first-order chi connectivity index (χ1) is 45.0. The molecule has 3 N–H and O–H groups in total. The molecule has 91 heavy (non-hydrogen) atoms. The second kappa shape index (κ2) is 80.3. The molecule has 0 radical (unpaired) electrons. The molecule has 0 saturated carbocycles. The number of hydrogen-bond donors (Lipinski definition) is 3. The van der Waals surface area contributed by atoms with Gasteiger partial charge in [-0.2, -0.15) is 0 Å². The van der Waals surface area contributed by atoms with E-state index in [0.717, 1.165) is 51.4 Å². The zero-order valence-corrected chi connectivity index (χ0v) is 61.6. The van der Waals surface area contributed by atoms with E-state index in [1.165, 1.54) is 379 Å². The lowest BCUT2D eigenvalue weighted by Gasteiger charge is -2.20. The van der Waals surface area contributed by atoms with E-state index in [2.05, 4.69) is 55.6 Å². The van der Waals surface area contributed by atoms with Crippen molar-refractivity contribution in [2.24, 2.45) is 0 Å². The summed E-state index contributed by atoms with van der Waals surface area (Å²) in [7, 11) is 0. The number of nitrogens with one attached hydrogen (secondary N) is 1. The SMILES string of the molecule is CCCCCCCCC/C=C\CCCCCCCCCC(=O)OCCCCCCCCCCC/C=C\C/C=C\CCCCCCCCCCCCCCCCCC(=O)NC(CO)C(O)/C=C/CCCCCCCCCCCCCCCCCCCCCCCCC. The van der Waals surface area contributed by atoms with Crippen LogP contribution in [0, 0.1) is 0 Å². The van der Waals surface area contributed by atoms with Gasteiger partial charge in [-0.15, -0.1) is 0 Å². The minimum Gasteiger partial charge on any atom is -0.466 e. The lowest BCUT2D eigenvalue weighted by Crippen LogP contribution is -2.45. The molecule has 536 valence electrons. The van der Waals surface area contributed by atoms with E-state index in [4.69, 9.17) is 4.74 Å². The maximum atomic E-state index is 12.6. The summed E-state index contributed by atoms with van der Waals surface area (Å²) >= 11 is 0. The van der Waals surface area contributed by atoms with Crippen LogP contribution in [0.3, 0.4) is 0 Å². The Morgan fingerprint density at radius 1 is 0.308 bits per heavy atom. The summed E-state index contributed by atoms with van der Waals surface area (Å²) in [4.78, 5) is 24.7. The van der Waals surface area contributed by atoms with Crippen molar-refractivity contribution in [1.82, 2.24) is 5.32 Å². The molecule has 0 heterocycles. The number of aliphatic hydroxyl groups excluding tert-OH is 2. The van der Waals surface area contributed by atoms with Crippen LogP contribution < -0.4 is 5.32 Å². The van der Waals surface area contributed by atoms with E-state index in [9.17, 15) is 19.8 Å². The molecular weight excluding hydrogens is 1110 g/mol. The van der Waals surface area contributed by atoms with E-state index in [-0.39, 0.29) is 18.5 Å². The minimum atomic E-state index is -0.847. The smallest absolute Gasteiger partial charge is 0.305 e. The van der Waals surface area contributed by atoms with Gasteiger partial charge in [0.1, 0.15) is 0 Å². The molecule has 2 unspecified atom stereocenters. The molecule has 0 aromatic carbocycles. The Labute approximate surface area is 569 Å². The molecule has 0 aromatic rings. The van der Waals surface area contributed by atoms with Gasteiger partial charge in [0, 0.05) is 12.8 Å². The molecule has 2 atom stereocenters. The molecule has 0 aliphatic rings. The van der Waals surface area contributed by atoms with Gasteiger partial charge in [0.2, 0.25) is 5.91 Å². The van der Waals surface area contributed by atoms with Crippen LogP contribution in [0.25, 0.3) is 0 Å². The molecule has 0 aliphatic carbocycles. The third-order valence-electron chi connectivity index (χ3n) is 19.3. The third-order valence-corrected chi connectivity index (χ3v) is 19.3. The Morgan fingerprint density at radius 3 is 0.846 bits per heavy atom. The second-order valence-corrected chi connectivity index (χ2v) is 28.4. The van der Waals surface area contributed by atoms with Gasteiger partial charge in [-0.25, -0.2) is 0 Å². The summed E-state index contributed by atoms with van der Waals surface area (Å²) < 4.78 is 5.51. The van der Waals surface area contributed by atoms with Crippen LogP contribution in [0.5, 0.6) is 0 Å². The number of rotatable bonds is 78. The highest BCUT2D eigenvalue weighted by Gasteiger charge is 2.18. The predicted octanol–water partition coefficient (Wildman–Crippen LogP) is 27.5. The van der Waals surface area contributed by atoms with E-state index < -0.39 is 12.1 Å². The third kappa shape index (κ3) is 76.7. The predicted molar refractivity (Wildman–Crippen MR) is 402 cm³/mol. The van der Waals surface area contributed by atoms with E-state index >= 15 is 0 Å². The van der Waals surface area contributed by atoms with Gasteiger partial charge in [0.15, 0.2) is 0 Å². The first kappa shape index (κ1) is 88.8. The molecule has 6 heteroatoms. The van der Waals surface area contributed by atoms with Crippen molar-refractivity contribution in [3.8, 4) is 0 Å². The number of amides is 1. The quantitative estimate of drug-likeness (QED) is 0.0320. The zero-order valence-electron chi connectivity index (χ0n) is 61.6. The molecule has 0 aromatic heterocycles. The lowest BCUT2D eigenvalue weighted by molar-refractivity contribution is -0.143. The van der Waals surface area contributed by atoms with Gasteiger partial charge in [0.05, 0.1) is 25.4 Å². The molecule has 0 bridgehead atoms. The maximum absolute atomic E-state index is 12.6. The van der Waals surface area contributed by atoms with Gasteiger partial charge >= 0.3 is 5.97 Å². The largest absolute Gasteiger partial charge is 0.466 e. The van der Waals surface area contributed by atoms with Gasteiger partial charge in [-0.3, -0.25) is 9.59 Å². The number of unbranched alkanes of at least 4 members (excludes halogenated alkanes) is 61. The monoisotopic (exact) mass is 1280 g/mol. The highest BCUT2D eigenvalue weighted by molar-refractivity contribution is 5.76. The fourth-order valence-corrected chi connectivity index (χ4v) is 13.0. The molecule has 0 rings (SSSR count). The van der Waals surface area contributed by atoms with E-state index in [1.807, 2.05) is 6.08 Å². The summed E-state index contributed by atoms with van der Waals surface area (Å²) in [5, 5.41) is 23.3. The van der Waals surface area contributed by atoms with Crippen molar-refractivity contribution >= 4 is 11.9 Å². The highest BCUT2D eigenvalue weighted by atomic mass is 16.5. The first-order valence-corrected chi connectivity index (χ1v) is 41.4. The van der Waals surface area contributed by atoms with Gasteiger partial charge < -0.3 is 20.3 Å². The minimum absolute atomic E-state index is 0.0107. The molecule has 1 amide bonds. The number of carbonyl (C=O) groups excluding carboxylic acids is 2. The average Bonchev–Trinajstić information content (AvgIpc) is 3.65. The normalized spacial score (nSPS) is 12.7. The zero-order chi connectivity index (χ0) is 65.6. The van der Waals surface area contributed by atoms with Crippen molar-refractivity contribution in [1.29, 1.82) is 0 Å². The van der Waals surface area contributed by atoms with Crippen molar-refractivity contribution < 1.29 is 24.5 Å². The second-order valence-electron chi connectivity index (χ2n) is 28.4. The Hall–Kier alpha value is -2.18. The van der Waals surface area contributed by atoms with Crippen molar-refractivity contribution in [3.63, 3.8) is 0 Å². The van der Waals surface area contributed by atoms with Crippen LogP contribution >= 0.6 is 0 Å². The van der Waals surface area contributed by atoms with Gasteiger partial charge in [-0.1, -0.05) is 403 Å². The number of allylic oxidation sites excluding steroid dienone is 7. The van der Waals surface area contributed by atoms with Gasteiger partial charge in [-0.05, 0) is 89.9 Å². The van der Waals surface area contributed by atoms with Crippen molar-refractivity contribution in [3.05, 3.63) is 48.6 Å². The van der Waals surface area contributed by atoms with E-state index in [0.29, 0.717) is 19.4 Å². The number of ether oxygens (including phenoxy) is 1. The molecule has 0 spiro atoms. The van der Waals surface area contributed by atoms with Crippen molar-refractivity contribution in [2.75, 3.05) is 13.2 Å². The summed E-state index contributed by atoms with van der Waals surface area (Å²) in [6, 6.07) is -0.630. The van der Waals surface area contributed by atoms with Crippen LogP contribution in [0.4, 0.5) is 0 Å². The Morgan fingerprint density at radius 2 is 0.549 bits per heavy atom. The number of esters is 1. The Kier molecular flexibility index (Phi) is 78.3. The van der Waals surface area contributed by atoms with Crippen LogP contribution in [-0.4, -0.2) is 47.4 Å². The summed E-state index contributed by atoms with van der Waals surface area (Å²) in [5.74, 6) is -0.0518. The fourth-order valence-electron chi connectivity index (χ4n) is 13.0. The lowest BCUT2D eigenvalue weighted by atomic mass is 10.0. The topological polar surface area (TPSA) is 95.9 Å². The van der Waals surface area contributed by atoms with Crippen LogP contribution in [0.1, 0.15) is 457 Å². The van der Waals surface area contributed by atoms with Crippen LogP contribution in [0.2, 0.25) is 0 Å². The number of carbonyl (C=O) groups is 2. The Balaban J connectivity index is 3.41. The van der Waals surface area contributed by atoms with E-state index in [1.54, 1.807) is 6.08 Å². The van der Waals surface area contributed by atoms with Crippen LogP contribution in [-0.2, 0) is 14.3 Å². The summed E-state index contributed by atoms with van der Waals surface area (Å²) in [5.41, 5.74) is 0. The number of aliphatic hydroxyl groups is 2. The highest BCUT2D eigenvalue weighted by Crippen LogP contribution is 2.20. The summed E-state index contributed by atoms with van der Waals surface area (Å²) in [6.07, 6.45) is 107. The first-order valence-electron chi connectivity index (χ1n) is 41.4. The fraction of sp³-hybridized carbons (Fsp3) is 0.882. The van der Waals surface area contributed by atoms with Gasteiger partial charge in [0.25, 0.3) is 0 Å². The number of hydrogen-bond acceptors (Lipinski definition) is 5. The average molecular weight is 1280 g/mol. The van der Waals surface area contributed by atoms with Crippen molar-refractivity contribution in [2.45, 2.75) is 469 Å². The standard InChI is InChI=1S/C85H161NO5/c1-3-5-7-9-11-13-15-17-19-21-23-24-25-33-36-39-42-45-49-53-57-61-65-69-73-77-83(88)82(81-87)86-84(89)78-74-70-66-62-58-54-50-46-43-40-37-34-31-29-27-26-28-30-32-35-38-41-44-48-52-56-60-64-68-72-76-80-91-85(90)79-75-71-67-63-59-55-51-47-22-20-18-16-14-12-10-8-6-4-2/h20,22,28,30,35,38,73,77,82-83,87-88H,3-19,21,23-27,29,31-34,36-37,39-72,74-76,78-81H2,1-2H3,(H,86,89)/b22-20-,30-28-,38-35-,77-73+. The maximum Gasteiger partial charge on any atom is 0.305 e. The molecule has 0 saturated heterocycles. The molecule has 6 nitrogen and oxygen atoms in total. The molecule has 0 fully saturated rings. The molecule has 0 aliphatic heterocycles. The Bertz CT molecular complexity index is 1520. The van der Waals surface area contributed by atoms with Crippen LogP contribution in [0.15, 0.2) is 48.6 Å².